The summed E-state index contributed by atoms with van der Waals surface area (Å²) >= 11 is 0. The minimum Gasteiger partial charge on any atom is -0.462 e. The number of hydrogen-bond acceptors (Lipinski definition) is 4. The van der Waals surface area contributed by atoms with Crippen molar-refractivity contribution >= 4 is 5.97 Å². The quantitative estimate of drug-likeness (QED) is 0.767. The molecule has 0 saturated heterocycles. The highest BCUT2D eigenvalue weighted by atomic mass is 16.5. The highest BCUT2D eigenvalue weighted by Crippen LogP contribution is 2.36. The number of aromatic amines is 1. The average molecular weight is 211 g/mol. The number of carbonyl (C=O) groups excluding carboxylic acids is 1. The van der Waals surface area contributed by atoms with Crippen LogP contribution >= 0.6 is 0 Å². The lowest BCUT2D eigenvalue weighted by Gasteiger charge is -2.23. The lowest BCUT2D eigenvalue weighted by molar-refractivity contribution is 0.0521. The Kier molecular flexibility index (Phi) is 2.62. The van der Waals surface area contributed by atoms with E-state index in [1.807, 2.05) is 0 Å². The molecule has 1 saturated carbocycles. The van der Waals surface area contributed by atoms with Crippen LogP contribution in [0.25, 0.3) is 0 Å². The molecule has 1 aliphatic carbocycles. The van der Waals surface area contributed by atoms with Gasteiger partial charge in [-0.05, 0) is 19.8 Å². The number of H-pyrrole nitrogens is 1. The number of rotatable bonds is 3. The molecule has 1 fully saturated rings. The van der Waals surface area contributed by atoms with Crippen molar-refractivity contribution in [3.63, 3.8) is 0 Å². The summed E-state index contributed by atoms with van der Waals surface area (Å²) in [6.07, 6.45) is 3.10. The molecule has 82 valence electrons. The third-order valence-corrected chi connectivity index (χ3v) is 2.72. The van der Waals surface area contributed by atoms with Crippen molar-refractivity contribution < 1.29 is 14.1 Å². The maximum atomic E-state index is 11.5. The van der Waals surface area contributed by atoms with E-state index in [4.69, 9.17) is 4.74 Å². The molecule has 1 aliphatic rings. The van der Waals surface area contributed by atoms with E-state index in [0.29, 0.717) is 5.69 Å². The molecular formula is C10H13NO4. The first-order valence-corrected chi connectivity index (χ1v) is 5.12. The molecule has 0 amide bonds. The van der Waals surface area contributed by atoms with Crippen LogP contribution in [-0.4, -0.2) is 17.7 Å². The van der Waals surface area contributed by atoms with Gasteiger partial charge < -0.3 is 9.26 Å². The van der Waals surface area contributed by atoms with Crippen molar-refractivity contribution in [2.75, 3.05) is 6.61 Å². The zero-order chi connectivity index (χ0) is 10.8. The molecular weight excluding hydrogens is 198 g/mol. The molecule has 0 aliphatic heterocycles. The van der Waals surface area contributed by atoms with Crippen LogP contribution < -0.4 is 5.63 Å². The molecule has 0 unspecified atom stereocenters. The zero-order valence-corrected chi connectivity index (χ0v) is 8.54. The molecule has 0 aromatic carbocycles. The van der Waals surface area contributed by atoms with Gasteiger partial charge in [-0.2, -0.15) is 0 Å². The van der Waals surface area contributed by atoms with E-state index in [9.17, 15) is 9.59 Å². The van der Waals surface area contributed by atoms with Crippen LogP contribution in [0.4, 0.5) is 0 Å². The maximum absolute atomic E-state index is 11.5. The minimum atomic E-state index is -0.629. The van der Waals surface area contributed by atoms with E-state index in [2.05, 4.69) is 9.68 Å². The van der Waals surface area contributed by atoms with Gasteiger partial charge in [-0.3, -0.25) is 0 Å². The van der Waals surface area contributed by atoms with Crippen LogP contribution in [0, 0.1) is 0 Å². The predicted octanol–water partition coefficient (Wildman–Crippen LogP) is 1.41. The van der Waals surface area contributed by atoms with Crippen molar-refractivity contribution in [1.82, 2.24) is 5.16 Å². The van der Waals surface area contributed by atoms with Gasteiger partial charge in [-0.15, -0.1) is 0 Å². The van der Waals surface area contributed by atoms with Crippen molar-refractivity contribution in [1.29, 1.82) is 0 Å². The van der Waals surface area contributed by atoms with Crippen LogP contribution in [0.3, 0.4) is 0 Å². The largest absolute Gasteiger partial charge is 0.462 e. The van der Waals surface area contributed by atoms with Crippen molar-refractivity contribution in [2.45, 2.75) is 32.1 Å². The van der Waals surface area contributed by atoms with Crippen molar-refractivity contribution in [3.05, 3.63) is 21.7 Å². The number of nitrogens with one attached hydrogen (secondary N) is 1. The summed E-state index contributed by atoms with van der Waals surface area (Å²) in [6, 6.07) is 0. The van der Waals surface area contributed by atoms with E-state index < -0.39 is 11.6 Å². The van der Waals surface area contributed by atoms with Gasteiger partial charge in [0.25, 0.3) is 0 Å². The summed E-state index contributed by atoms with van der Waals surface area (Å²) in [5.41, 5.74) is 0.0154. The van der Waals surface area contributed by atoms with Crippen LogP contribution in [0.1, 0.15) is 48.2 Å². The monoisotopic (exact) mass is 211 g/mol. The highest BCUT2D eigenvalue weighted by Gasteiger charge is 2.30. The summed E-state index contributed by atoms with van der Waals surface area (Å²) in [4.78, 5) is 22.8. The van der Waals surface area contributed by atoms with Gasteiger partial charge in [-0.25, -0.2) is 14.7 Å². The van der Waals surface area contributed by atoms with E-state index in [1.165, 1.54) is 0 Å². The van der Waals surface area contributed by atoms with Gasteiger partial charge in [0.05, 0.1) is 12.3 Å². The third kappa shape index (κ3) is 1.69. The lowest BCUT2D eigenvalue weighted by Crippen LogP contribution is -2.19. The third-order valence-electron chi connectivity index (χ3n) is 2.72. The van der Waals surface area contributed by atoms with Gasteiger partial charge in [0, 0.05) is 5.92 Å². The molecule has 1 aromatic heterocycles. The minimum absolute atomic E-state index is 0.0431. The molecule has 0 atom stereocenters. The maximum Gasteiger partial charge on any atom is 0.372 e. The zero-order valence-electron chi connectivity index (χ0n) is 8.54. The molecule has 1 aromatic rings. The topological polar surface area (TPSA) is 72.3 Å². The van der Waals surface area contributed by atoms with E-state index in [-0.39, 0.29) is 18.1 Å². The van der Waals surface area contributed by atoms with Gasteiger partial charge in [-0.1, -0.05) is 6.42 Å². The Morgan fingerprint density at radius 1 is 1.60 bits per heavy atom. The Morgan fingerprint density at radius 2 is 2.33 bits per heavy atom. The van der Waals surface area contributed by atoms with Gasteiger partial charge in [0.15, 0.2) is 5.56 Å². The smallest absolute Gasteiger partial charge is 0.372 e. The second kappa shape index (κ2) is 3.92. The number of esters is 1. The Bertz CT molecular complexity index is 413. The number of hydrogen-bond donors (Lipinski definition) is 1. The fourth-order valence-corrected chi connectivity index (χ4v) is 1.69. The first-order chi connectivity index (χ1) is 7.24. The van der Waals surface area contributed by atoms with Gasteiger partial charge >= 0.3 is 11.6 Å². The average Bonchev–Trinajstić information content (AvgIpc) is 2.45. The van der Waals surface area contributed by atoms with Crippen molar-refractivity contribution in [3.8, 4) is 0 Å². The van der Waals surface area contributed by atoms with Crippen LogP contribution in [0.5, 0.6) is 0 Å². The van der Waals surface area contributed by atoms with Crippen LogP contribution in [0.15, 0.2) is 9.32 Å². The van der Waals surface area contributed by atoms with Crippen LogP contribution in [0.2, 0.25) is 0 Å². The molecule has 15 heavy (non-hydrogen) atoms. The van der Waals surface area contributed by atoms with E-state index >= 15 is 0 Å². The summed E-state index contributed by atoms with van der Waals surface area (Å²) in [6.45, 7) is 1.96. The molecule has 5 heteroatoms. The summed E-state index contributed by atoms with van der Waals surface area (Å²) in [7, 11) is 0. The second-order valence-electron chi connectivity index (χ2n) is 3.63. The normalized spacial score (nSPS) is 16.1. The highest BCUT2D eigenvalue weighted by molar-refractivity contribution is 5.90. The SMILES string of the molecule is CCOC(=O)c1c(C2CCC2)[nH]oc1=O. The Morgan fingerprint density at radius 3 is 2.87 bits per heavy atom. The standard InChI is InChI=1S/C10H13NO4/c1-2-14-9(12)7-8(6-4-3-5-6)11-15-10(7)13/h6,11H,2-5H2,1H3. The summed E-state index contributed by atoms with van der Waals surface area (Å²) < 4.78 is 9.45. The Balaban J connectivity index is 2.31. The molecule has 0 radical (unpaired) electrons. The second-order valence-corrected chi connectivity index (χ2v) is 3.63. The fourth-order valence-electron chi connectivity index (χ4n) is 1.69. The predicted molar refractivity (Wildman–Crippen MR) is 51.9 cm³/mol. The molecule has 1 N–H and O–H groups in total. The molecule has 1 heterocycles. The van der Waals surface area contributed by atoms with E-state index in [0.717, 1.165) is 19.3 Å². The van der Waals surface area contributed by atoms with Gasteiger partial charge in [0.2, 0.25) is 0 Å². The first kappa shape index (κ1) is 10.0. The van der Waals surface area contributed by atoms with Gasteiger partial charge in [0.1, 0.15) is 0 Å². The van der Waals surface area contributed by atoms with Crippen LogP contribution in [-0.2, 0) is 4.74 Å². The number of aromatic nitrogens is 1. The first-order valence-electron chi connectivity index (χ1n) is 5.12. The molecule has 0 spiro atoms. The Hall–Kier alpha value is -1.52. The number of ether oxygens (including phenoxy) is 1. The molecule has 5 nitrogen and oxygen atoms in total. The molecule has 0 bridgehead atoms. The van der Waals surface area contributed by atoms with E-state index in [1.54, 1.807) is 6.92 Å². The fraction of sp³-hybridized carbons (Fsp3) is 0.600. The summed E-state index contributed by atoms with van der Waals surface area (Å²) in [5, 5.41) is 2.53. The lowest BCUT2D eigenvalue weighted by atomic mass is 9.81. The van der Waals surface area contributed by atoms with Crippen molar-refractivity contribution in [2.24, 2.45) is 0 Å². The summed E-state index contributed by atoms with van der Waals surface area (Å²) in [5.74, 6) is -0.342. The number of carbonyl (C=O) groups is 1. The Labute approximate surface area is 86.4 Å². The molecule has 2 rings (SSSR count).